The number of aromatic hydroxyl groups is 1. The number of aromatic carboxylic acids is 1. The number of carboxylic acids is 1. The second kappa shape index (κ2) is 13.1. The zero-order valence-electron chi connectivity index (χ0n) is 17.8. The molecule has 10 nitrogen and oxygen atoms in total. The summed E-state index contributed by atoms with van der Waals surface area (Å²) >= 11 is 0. The molecule has 0 aliphatic rings. The Hall–Kier alpha value is -1.96. The minimum absolute atomic E-state index is 0. The van der Waals surface area contributed by atoms with Crippen LogP contribution in [0, 0.1) is 0 Å². The predicted octanol–water partition coefficient (Wildman–Crippen LogP) is -1.09. The zero-order chi connectivity index (χ0) is 22.4. The monoisotopic (exact) mass is 486 g/mol. The summed E-state index contributed by atoms with van der Waals surface area (Å²) in [6, 6.07) is 17.7. The maximum absolute atomic E-state index is 11.4. The molecule has 0 saturated heterocycles. The van der Waals surface area contributed by atoms with Crippen molar-refractivity contribution < 1.29 is 87.1 Å². The minimum atomic E-state index is -4.50. The van der Waals surface area contributed by atoms with E-state index in [0.29, 0.717) is 5.56 Å². The van der Waals surface area contributed by atoms with Gasteiger partial charge in [-0.25, -0.2) is 4.79 Å². The molecule has 13 heteroatoms. The third-order valence-corrected chi connectivity index (χ3v) is 4.88. The SMILES string of the molecule is O=C(O)c1ccccc1N=NC(N=Nc1cc(S(=O)(=O)O)ccc1O)c1ccccc1.[Na+].[Na+]. The molecule has 3 aromatic rings. The van der Waals surface area contributed by atoms with Crippen molar-refractivity contribution in [2.75, 3.05) is 0 Å². The molecule has 1 atom stereocenters. The normalized spacial score (nSPS) is 12.2. The van der Waals surface area contributed by atoms with Crippen LogP contribution in [0.1, 0.15) is 22.1 Å². The van der Waals surface area contributed by atoms with Crippen LogP contribution in [0.25, 0.3) is 0 Å². The molecular weight excluding hydrogens is 470 g/mol. The number of rotatable bonds is 7. The van der Waals surface area contributed by atoms with Gasteiger partial charge in [0.15, 0.2) is 0 Å². The Kier molecular flexibility index (Phi) is 11.5. The molecule has 158 valence electrons. The first kappa shape index (κ1) is 29.1. The molecule has 0 heterocycles. The van der Waals surface area contributed by atoms with Gasteiger partial charge >= 0.3 is 65.1 Å². The van der Waals surface area contributed by atoms with Gasteiger partial charge < -0.3 is 10.2 Å². The van der Waals surface area contributed by atoms with E-state index in [0.717, 1.165) is 18.2 Å². The molecule has 0 aliphatic carbocycles. The third-order valence-electron chi connectivity index (χ3n) is 4.03. The van der Waals surface area contributed by atoms with Crippen LogP contribution in [0.2, 0.25) is 0 Å². The average Bonchev–Trinajstić information content (AvgIpc) is 2.75. The summed E-state index contributed by atoms with van der Waals surface area (Å²) in [4.78, 5) is 10.9. The van der Waals surface area contributed by atoms with Crippen molar-refractivity contribution in [3.8, 4) is 5.75 Å². The topological polar surface area (TPSA) is 161 Å². The molecule has 0 amide bonds. The first-order chi connectivity index (χ1) is 14.8. The van der Waals surface area contributed by atoms with E-state index in [1.54, 1.807) is 42.5 Å². The van der Waals surface area contributed by atoms with E-state index in [-0.39, 0.29) is 81.8 Å². The average molecular weight is 486 g/mol. The van der Waals surface area contributed by atoms with Gasteiger partial charge in [0.05, 0.1) is 16.1 Å². The van der Waals surface area contributed by atoms with Crippen LogP contribution in [0.3, 0.4) is 0 Å². The summed E-state index contributed by atoms with van der Waals surface area (Å²) in [5, 5.41) is 35.2. The van der Waals surface area contributed by atoms with E-state index in [4.69, 9.17) is 0 Å². The van der Waals surface area contributed by atoms with Gasteiger partial charge in [-0.05, 0) is 30.3 Å². The van der Waals surface area contributed by atoms with E-state index in [2.05, 4.69) is 20.5 Å². The maximum atomic E-state index is 11.4. The number of benzene rings is 3. The first-order valence-corrected chi connectivity index (χ1v) is 10.2. The fourth-order valence-electron chi connectivity index (χ4n) is 2.50. The van der Waals surface area contributed by atoms with E-state index in [1.165, 1.54) is 12.1 Å². The van der Waals surface area contributed by atoms with Crippen LogP contribution in [0.5, 0.6) is 5.75 Å². The second-order valence-electron chi connectivity index (χ2n) is 6.16. The zero-order valence-corrected chi connectivity index (χ0v) is 22.6. The Bertz CT molecular complexity index is 1270. The van der Waals surface area contributed by atoms with Crippen molar-refractivity contribution in [2.24, 2.45) is 20.5 Å². The second-order valence-corrected chi connectivity index (χ2v) is 7.58. The molecule has 0 aromatic heterocycles. The van der Waals surface area contributed by atoms with Gasteiger partial charge in [-0.3, -0.25) is 4.55 Å². The molecule has 0 fully saturated rings. The third kappa shape index (κ3) is 8.09. The van der Waals surface area contributed by atoms with Gasteiger partial charge in [0.25, 0.3) is 10.1 Å². The quantitative estimate of drug-likeness (QED) is 0.218. The Morgan fingerprint density at radius 2 is 1.39 bits per heavy atom. The summed E-state index contributed by atoms with van der Waals surface area (Å²) in [6.07, 6.45) is -1.02. The smallest absolute Gasteiger partial charge is 0.506 e. The van der Waals surface area contributed by atoms with Crippen molar-refractivity contribution in [1.29, 1.82) is 0 Å². The number of carboxylic acid groups (broad SMARTS) is 1. The van der Waals surface area contributed by atoms with Crippen LogP contribution in [0.4, 0.5) is 11.4 Å². The fraction of sp³-hybridized carbons (Fsp3) is 0.0500. The van der Waals surface area contributed by atoms with Crippen LogP contribution < -0.4 is 59.1 Å². The van der Waals surface area contributed by atoms with Crippen molar-refractivity contribution in [2.45, 2.75) is 11.1 Å². The predicted molar refractivity (Wildman–Crippen MR) is 110 cm³/mol. The summed E-state index contributed by atoms with van der Waals surface area (Å²) in [5.74, 6) is -1.53. The van der Waals surface area contributed by atoms with Crippen LogP contribution in [0.15, 0.2) is 98.1 Å². The summed E-state index contributed by atoms with van der Waals surface area (Å²) in [5.41, 5.74) is 0.418. The Morgan fingerprint density at radius 1 is 0.818 bits per heavy atom. The molecule has 0 radical (unpaired) electrons. The van der Waals surface area contributed by atoms with Gasteiger partial charge in [-0.1, -0.05) is 42.5 Å². The first-order valence-electron chi connectivity index (χ1n) is 8.75. The number of phenols is 1. The summed E-state index contributed by atoms with van der Waals surface area (Å²) in [6.45, 7) is 0. The standard InChI is InChI=1S/C20H16N4O6S.2Na/c25-18-11-10-14(31(28,29)30)12-17(18)22-24-19(13-6-2-1-3-7-13)23-21-16-9-5-4-8-15(16)20(26)27;;/h1-12,19,25H,(H,26,27)(H,28,29,30);;/q;2*+1. The van der Waals surface area contributed by atoms with Gasteiger partial charge in [-0.2, -0.15) is 23.8 Å². The molecule has 1 unspecified atom stereocenters. The Labute approximate surface area is 233 Å². The van der Waals surface area contributed by atoms with Crippen molar-refractivity contribution >= 4 is 27.5 Å². The Morgan fingerprint density at radius 3 is 2.00 bits per heavy atom. The van der Waals surface area contributed by atoms with Gasteiger partial charge in [-0.15, -0.1) is 5.11 Å². The van der Waals surface area contributed by atoms with Crippen molar-refractivity contribution in [3.05, 3.63) is 83.9 Å². The molecule has 0 bridgehead atoms. The van der Waals surface area contributed by atoms with E-state index in [1.807, 2.05) is 0 Å². The molecule has 0 aliphatic heterocycles. The van der Waals surface area contributed by atoms with Gasteiger partial charge in [0.2, 0.25) is 6.17 Å². The van der Waals surface area contributed by atoms with Gasteiger partial charge in [0, 0.05) is 5.56 Å². The summed E-state index contributed by atoms with van der Waals surface area (Å²) in [7, 11) is -4.50. The van der Waals surface area contributed by atoms with Gasteiger partial charge in [0.1, 0.15) is 11.4 Å². The fourth-order valence-corrected chi connectivity index (χ4v) is 3.00. The van der Waals surface area contributed by atoms with E-state index >= 15 is 0 Å². The van der Waals surface area contributed by atoms with Crippen LogP contribution in [-0.4, -0.2) is 29.2 Å². The van der Waals surface area contributed by atoms with Crippen molar-refractivity contribution in [1.82, 2.24) is 0 Å². The maximum Gasteiger partial charge on any atom is 1.00 e. The molecular formula is C20H16N4Na2O6S+2. The number of carbonyl (C=O) groups is 1. The molecule has 0 spiro atoms. The summed E-state index contributed by atoms with van der Waals surface area (Å²) < 4.78 is 31.8. The number of phenolic OH excluding ortho intramolecular Hbond substituents is 1. The Balaban J connectivity index is 0.00000272. The minimum Gasteiger partial charge on any atom is -0.506 e. The van der Waals surface area contributed by atoms with Crippen LogP contribution >= 0.6 is 0 Å². The molecule has 0 saturated carbocycles. The molecule has 3 rings (SSSR count). The number of hydrogen-bond donors (Lipinski definition) is 3. The number of azo groups is 2. The molecule has 33 heavy (non-hydrogen) atoms. The molecule has 3 N–H and O–H groups in total. The largest absolute Gasteiger partial charge is 1.00 e. The number of nitrogens with zero attached hydrogens (tertiary/aromatic N) is 4. The number of hydrogen-bond acceptors (Lipinski definition) is 8. The molecule has 3 aromatic carbocycles. The van der Waals surface area contributed by atoms with E-state index in [9.17, 15) is 28.0 Å². The van der Waals surface area contributed by atoms with Crippen molar-refractivity contribution in [3.63, 3.8) is 0 Å². The van der Waals surface area contributed by atoms with E-state index < -0.39 is 27.1 Å². The van der Waals surface area contributed by atoms with Crippen LogP contribution in [-0.2, 0) is 10.1 Å².